The number of rotatable bonds is 4. The van der Waals surface area contributed by atoms with E-state index in [1.165, 1.54) is 6.07 Å². The second-order valence-corrected chi connectivity index (χ2v) is 6.03. The van der Waals surface area contributed by atoms with E-state index in [1.54, 1.807) is 6.07 Å². The summed E-state index contributed by atoms with van der Waals surface area (Å²) in [5.74, 6) is -0.269. The molecular weight excluding hydrogens is 317 g/mol. The quantitative estimate of drug-likeness (QED) is 0.880. The van der Waals surface area contributed by atoms with Crippen molar-refractivity contribution >= 4 is 18.3 Å². The molecule has 0 saturated carbocycles. The van der Waals surface area contributed by atoms with Crippen molar-refractivity contribution in [2.75, 3.05) is 6.54 Å². The number of hydrogen-bond acceptors (Lipinski definition) is 2. The first kappa shape index (κ1) is 20.7. The fourth-order valence-corrected chi connectivity index (χ4v) is 2.06. The fraction of sp³-hybridized carbons (Fsp3) is 0.533. The lowest BCUT2D eigenvalue weighted by molar-refractivity contribution is -0.137. The lowest BCUT2D eigenvalue weighted by Gasteiger charge is -2.32. The van der Waals surface area contributed by atoms with Gasteiger partial charge in [0.1, 0.15) is 0 Å². The molecule has 0 heterocycles. The van der Waals surface area contributed by atoms with Crippen LogP contribution in [0.5, 0.6) is 0 Å². The zero-order valence-electron chi connectivity index (χ0n) is 12.8. The molecule has 0 spiro atoms. The average molecular weight is 339 g/mol. The molecule has 126 valence electrons. The van der Waals surface area contributed by atoms with E-state index >= 15 is 0 Å². The predicted octanol–water partition coefficient (Wildman–Crippen LogP) is 3.68. The molecule has 0 radical (unpaired) electrons. The maximum absolute atomic E-state index is 12.8. The number of nitrogens with one attached hydrogen (secondary N) is 1. The van der Waals surface area contributed by atoms with Crippen LogP contribution in [0, 0.1) is 5.41 Å². The molecule has 1 amide bonds. The third-order valence-electron chi connectivity index (χ3n) is 3.09. The van der Waals surface area contributed by atoms with Gasteiger partial charge in [-0.25, -0.2) is 0 Å². The molecule has 7 heteroatoms. The van der Waals surface area contributed by atoms with Crippen LogP contribution >= 0.6 is 12.4 Å². The molecule has 0 aliphatic heterocycles. The molecule has 0 aromatic heterocycles. The first-order valence-corrected chi connectivity index (χ1v) is 6.72. The van der Waals surface area contributed by atoms with E-state index in [0.717, 1.165) is 12.1 Å². The Labute approximate surface area is 134 Å². The van der Waals surface area contributed by atoms with Crippen molar-refractivity contribution in [2.24, 2.45) is 11.1 Å². The van der Waals surface area contributed by atoms with Gasteiger partial charge in [0, 0.05) is 13.0 Å². The minimum absolute atomic E-state index is 0. The Balaban J connectivity index is 0.00000441. The normalized spacial score (nSPS) is 13.2. The number of carbonyl (C=O) groups is 1. The minimum Gasteiger partial charge on any atom is -0.349 e. The van der Waals surface area contributed by atoms with Crippen LogP contribution in [0.1, 0.15) is 44.4 Å². The van der Waals surface area contributed by atoms with E-state index in [1.807, 2.05) is 20.8 Å². The van der Waals surface area contributed by atoms with E-state index in [0.29, 0.717) is 5.56 Å². The molecule has 0 aliphatic rings. The summed E-state index contributed by atoms with van der Waals surface area (Å²) in [6.07, 6.45) is -4.26. The second-order valence-electron chi connectivity index (χ2n) is 6.03. The highest BCUT2D eigenvalue weighted by atomic mass is 35.5. The number of benzene rings is 1. The van der Waals surface area contributed by atoms with Gasteiger partial charge in [-0.1, -0.05) is 32.9 Å². The molecule has 22 heavy (non-hydrogen) atoms. The van der Waals surface area contributed by atoms with Crippen molar-refractivity contribution in [3.8, 4) is 0 Å². The Morgan fingerprint density at radius 3 is 2.32 bits per heavy atom. The summed E-state index contributed by atoms with van der Waals surface area (Å²) >= 11 is 0. The van der Waals surface area contributed by atoms with Crippen LogP contribution in [0.2, 0.25) is 0 Å². The number of nitrogens with two attached hydrogens (primary N) is 1. The average Bonchev–Trinajstić information content (AvgIpc) is 2.34. The fourth-order valence-electron chi connectivity index (χ4n) is 2.06. The summed E-state index contributed by atoms with van der Waals surface area (Å²) in [6, 6.07) is 4.53. The Hall–Kier alpha value is -1.27. The molecule has 1 atom stereocenters. The van der Waals surface area contributed by atoms with Crippen LogP contribution in [0.15, 0.2) is 24.3 Å². The van der Waals surface area contributed by atoms with Crippen LogP contribution in [0.25, 0.3) is 0 Å². The Morgan fingerprint density at radius 1 is 1.27 bits per heavy atom. The van der Waals surface area contributed by atoms with Crippen LogP contribution < -0.4 is 11.1 Å². The first-order valence-electron chi connectivity index (χ1n) is 6.72. The zero-order chi connectivity index (χ0) is 16.3. The molecule has 1 aromatic carbocycles. The van der Waals surface area contributed by atoms with Gasteiger partial charge in [-0.15, -0.1) is 12.4 Å². The highest BCUT2D eigenvalue weighted by Gasteiger charge is 2.33. The SMILES string of the molecule is CC(C)(C)C(NC(=O)CCN)c1cccc(C(F)(F)F)c1.Cl. The number of halogens is 4. The van der Waals surface area contributed by atoms with Crippen molar-refractivity contribution < 1.29 is 18.0 Å². The lowest BCUT2D eigenvalue weighted by atomic mass is 9.82. The number of amides is 1. The third-order valence-corrected chi connectivity index (χ3v) is 3.09. The standard InChI is InChI=1S/C15H21F3N2O.ClH/c1-14(2,3)13(20-12(21)7-8-19)10-5-4-6-11(9-10)15(16,17)18;/h4-6,9,13H,7-8,19H2,1-3H3,(H,20,21);1H. The van der Waals surface area contributed by atoms with Gasteiger partial charge in [-0.05, 0) is 23.1 Å². The Bertz CT molecular complexity index is 498. The maximum Gasteiger partial charge on any atom is 0.416 e. The molecule has 1 aromatic rings. The largest absolute Gasteiger partial charge is 0.416 e. The van der Waals surface area contributed by atoms with Gasteiger partial charge in [-0.3, -0.25) is 4.79 Å². The molecule has 0 bridgehead atoms. The Kier molecular flexibility index (Phi) is 7.38. The summed E-state index contributed by atoms with van der Waals surface area (Å²) in [6.45, 7) is 5.78. The third kappa shape index (κ3) is 5.85. The van der Waals surface area contributed by atoms with E-state index < -0.39 is 23.2 Å². The van der Waals surface area contributed by atoms with Crippen molar-refractivity contribution in [3.05, 3.63) is 35.4 Å². The van der Waals surface area contributed by atoms with Crippen LogP contribution in [0.4, 0.5) is 13.2 Å². The summed E-state index contributed by atoms with van der Waals surface area (Å²) in [4.78, 5) is 11.7. The molecule has 0 saturated heterocycles. The smallest absolute Gasteiger partial charge is 0.349 e. The highest BCUT2D eigenvalue weighted by molar-refractivity contribution is 5.85. The van der Waals surface area contributed by atoms with Crippen molar-refractivity contribution in [1.82, 2.24) is 5.32 Å². The lowest BCUT2D eigenvalue weighted by Crippen LogP contribution is -2.37. The van der Waals surface area contributed by atoms with Gasteiger partial charge >= 0.3 is 6.18 Å². The molecule has 1 unspecified atom stereocenters. The first-order chi connectivity index (χ1) is 9.55. The molecule has 0 aliphatic carbocycles. The zero-order valence-corrected chi connectivity index (χ0v) is 13.6. The predicted molar refractivity (Wildman–Crippen MR) is 82.7 cm³/mol. The van der Waals surface area contributed by atoms with Crippen LogP contribution in [-0.2, 0) is 11.0 Å². The maximum atomic E-state index is 12.8. The second kappa shape index (κ2) is 7.83. The van der Waals surface area contributed by atoms with E-state index in [-0.39, 0.29) is 31.3 Å². The van der Waals surface area contributed by atoms with E-state index in [4.69, 9.17) is 5.73 Å². The topological polar surface area (TPSA) is 55.1 Å². The van der Waals surface area contributed by atoms with Gasteiger partial charge in [0.15, 0.2) is 0 Å². The van der Waals surface area contributed by atoms with Crippen LogP contribution in [0.3, 0.4) is 0 Å². The number of hydrogen-bond donors (Lipinski definition) is 2. The molecule has 3 nitrogen and oxygen atoms in total. The van der Waals surface area contributed by atoms with Crippen molar-refractivity contribution in [2.45, 2.75) is 39.4 Å². The van der Waals surface area contributed by atoms with Crippen molar-refractivity contribution in [3.63, 3.8) is 0 Å². The molecular formula is C15H22ClF3N2O. The summed E-state index contributed by atoms with van der Waals surface area (Å²) in [5, 5.41) is 2.77. The van der Waals surface area contributed by atoms with Gasteiger partial charge in [0.25, 0.3) is 0 Å². The van der Waals surface area contributed by atoms with Gasteiger partial charge < -0.3 is 11.1 Å². The molecule has 0 fully saturated rings. The molecule has 1 rings (SSSR count). The monoisotopic (exact) mass is 338 g/mol. The summed E-state index contributed by atoms with van der Waals surface area (Å²) in [7, 11) is 0. The molecule has 3 N–H and O–H groups in total. The summed E-state index contributed by atoms with van der Waals surface area (Å²) in [5.41, 5.74) is 4.62. The minimum atomic E-state index is -4.40. The van der Waals surface area contributed by atoms with Gasteiger partial charge in [0.2, 0.25) is 5.91 Å². The number of carbonyl (C=O) groups excluding carboxylic acids is 1. The van der Waals surface area contributed by atoms with Crippen LogP contribution in [-0.4, -0.2) is 12.5 Å². The summed E-state index contributed by atoms with van der Waals surface area (Å²) < 4.78 is 38.4. The van der Waals surface area contributed by atoms with Crippen molar-refractivity contribution in [1.29, 1.82) is 0 Å². The van der Waals surface area contributed by atoms with E-state index in [9.17, 15) is 18.0 Å². The highest BCUT2D eigenvalue weighted by Crippen LogP contribution is 2.36. The van der Waals surface area contributed by atoms with Gasteiger partial charge in [-0.2, -0.15) is 13.2 Å². The number of alkyl halides is 3. The van der Waals surface area contributed by atoms with E-state index in [2.05, 4.69) is 5.32 Å². The Morgan fingerprint density at radius 2 is 1.86 bits per heavy atom. The van der Waals surface area contributed by atoms with Gasteiger partial charge in [0.05, 0.1) is 11.6 Å².